The van der Waals surface area contributed by atoms with Crippen LogP contribution >= 0.6 is 11.6 Å². The second-order valence-corrected chi connectivity index (χ2v) is 6.09. The summed E-state index contributed by atoms with van der Waals surface area (Å²) in [6, 6.07) is 0. The van der Waals surface area contributed by atoms with Crippen molar-refractivity contribution in [2.45, 2.75) is 37.4 Å². The Kier molecular flexibility index (Phi) is 3.84. The first kappa shape index (κ1) is 10.3. The van der Waals surface area contributed by atoms with Crippen LogP contribution in [0, 0.1) is 0 Å². The quantitative estimate of drug-likeness (QED) is 0.665. The summed E-state index contributed by atoms with van der Waals surface area (Å²) in [6.07, 6.45) is 4.48. The summed E-state index contributed by atoms with van der Waals surface area (Å²) in [6.45, 7) is 0. The van der Waals surface area contributed by atoms with E-state index in [1.807, 2.05) is 0 Å². The molecule has 0 aliphatic heterocycles. The van der Waals surface area contributed by atoms with Gasteiger partial charge in [0.1, 0.15) is 0 Å². The Morgan fingerprint density at radius 1 is 1.25 bits per heavy atom. The molecule has 72 valence electrons. The Hall–Kier alpha value is 0.240. The largest absolute Gasteiger partial charge is 0.229 e. The SMILES string of the molecule is O=S(=O)(CCCCl)C1CCCC1. The van der Waals surface area contributed by atoms with Crippen molar-refractivity contribution in [1.82, 2.24) is 0 Å². The first-order valence-electron chi connectivity index (χ1n) is 4.44. The number of sulfone groups is 1. The molecular formula is C8H15ClO2S. The minimum atomic E-state index is -2.81. The molecule has 1 aliphatic rings. The number of halogens is 1. The summed E-state index contributed by atoms with van der Waals surface area (Å²) in [5.41, 5.74) is 0. The van der Waals surface area contributed by atoms with Crippen molar-refractivity contribution in [3.63, 3.8) is 0 Å². The lowest BCUT2D eigenvalue weighted by atomic mass is 10.4. The minimum Gasteiger partial charge on any atom is -0.229 e. The fourth-order valence-electron chi connectivity index (χ4n) is 1.67. The maximum absolute atomic E-state index is 11.5. The van der Waals surface area contributed by atoms with Crippen LogP contribution in [0.4, 0.5) is 0 Å². The molecule has 0 aromatic heterocycles. The first-order valence-corrected chi connectivity index (χ1v) is 6.69. The first-order chi connectivity index (χ1) is 5.67. The molecule has 4 heteroatoms. The van der Waals surface area contributed by atoms with Gasteiger partial charge in [-0.3, -0.25) is 0 Å². The summed E-state index contributed by atoms with van der Waals surface area (Å²) in [7, 11) is -2.81. The summed E-state index contributed by atoms with van der Waals surface area (Å²) in [4.78, 5) is 0. The van der Waals surface area contributed by atoms with Gasteiger partial charge >= 0.3 is 0 Å². The molecule has 0 saturated heterocycles. The van der Waals surface area contributed by atoms with E-state index in [0.717, 1.165) is 25.7 Å². The third-order valence-electron chi connectivity index (χ3n) is 2.37. The molecule has 0 aromatic rings. The zero-order valence-corrected chi connectivity index (χ0v) is 8.70. The van der Waals surface area contributed by atoms with Crippen LogP contribution in [0.1, 0.15) is 32.1 Å². The highest BCUT2D eigenvalue weighted by Crippen LogP contribution is 2.25. The molecule has 1 rings (SSSR count). The molecule has 2 nitrogen and oxygen atoms in total. The molecule has 0 heterocycles. The zero-order chi connectivity index (χ0) is 9.03. The predicted molar refractivity (Wildman–Crippen MR) is 51.4 cm³/mol. The molecule has 0 N–H and O–H groups in total. The number of rotatable bonds is 4. The maximum atomic E-state index is 11.5. The van der Waals surface area contributed by atoms with E-state index < -0.39 is 9.84 Å². The van der Waals surface area contributed by atoms with E-state index in [-0.39, 0.29) is 11.0 Å². The molecular weight excluding hydrogens is 196 g/mol. The standard InChI is InChI=1S/C8H15ClO2S/c9-6-3-7-12(10,11)8-4-1-2-5-8/h8H,1-7H2. The Morgan fingerprint density at radius 3 is 2.33 bits per heavy atom. The van der Waals surface area contributed by atoms with Gasteiger partial charge in [-0.2, -0.15) is 0 Å². The van der Waals surface area contributed by atoms with Crippen molar-refractivity contribution in [2.75, 3.05) is 11.6 Å². The van der Waals surface area contributed by atoms with Crippen LogP contribution in [0.15, 0.2) is 0 Å². The second kappa shape index (κ2) is 4.47. The highest BCUT2D eigenvalue weighted by molar-refractivity contribution is 7.92. The molecule has 1 fully saturated rings. The van der Waals surface area contributed by atoms with E-state index in [0.29, 0.717) is 12.3 Å². The average molecular weight is 211 g/mol. The molecule has 0 atom stereocenters. The molecule has 0 unspecified atom stereocenters. The summed E-state index contributed by atoms with van der Waals surface area (Å²) >= 11 is 5.45. The van der Waals surface area contributed by atoms with Crippen molar-refractivity contribution in [3.05, 3.63) is 0 Å². The molecule has 0 bridgehead atoms. The van der Waals surface area contributed by atoms with E-state index >= 15 is 0 Å². The van der Waals surface area contributed by atoms with Gasteiger partial charge < -0.3 is 0 Å². The van der Waals surface area contributed by atoms with Gasteiger partial charge in [-0.15, -0.1) is 11.6 Å². The van der Waals surface area contributed by atoms with E-state index in [2.05, 4.69) is 0 Å². The third-order valence-corrected chi connectivity index (χ3v) is 4.98. The number of hydrogen-bond acceptors (Lipinski definition) is 2. The van der Waals surface area contributed by atoms with Crippen molar-refractivity contribution in [1.29, 1.82) is 0 Å². The monoisotopic (exact) mass is 210 g/mol. The van der Waals surface area contributed by atoms with Gasteiger partial charge in [0.05, 0.1) is 11.0 Å². The summed E-state index contributed by atoms with van der Waals surface area (Å²) in [5, 5.41) is -0.0549. The highest BCUT2D eigenvalue weighted by atomic mass is 35.5. The van der Waals surface area contributed by atoms with Gasteiger partial charge in [0.25, 0.3) is 0 Å². The van der Waals surface area contributed by atoms with Crippen LogP contribution in [0.25, 0.3) is 0 Å². The normalized spacial score (nSPS) is 20.1. The topological polar surface area (TPSA) is 34.1 Å². The smallest absolute Gasteiger partial charge is 0.153 e. The van der Waals surface area contributed by atoms with Crippen molar-refractivity contribution in [3.8, 4) is 0 Å². The third kappa shape index (κ3) is 2.63. The average Bonchev–Trinajstić information content (AvgIpc) is 2.53. The van der Waals surface area contributed by atoms with Crippen molar-refractivity contribution in [2.24, 2.45) is 0 Å². The van der Waals surface area contributed by atoms with Crippen LogP contribution in [0.3, 0.4) is 0 Å². The Morgan fingerprint density at radius 2 is 1.83 bits per heavy atom. The Bertz CT molecular complexity index is 217. The van der Waals surface area contributed by atoms with Crippen molar-refractivity contribution < 1.29 is 8.42 Å². The van der Waals surface area contributed by atoms with Gasteiger partial charge in [0, 0.05) is 5.88 Å². The molecule has 0 aromatic carbocycles. The maximum Gasteiger partial charge on any atom is 0.153 e. The van der Waals surface area contributed by atoms with Crippen LogP contribution in [0.2, 0.25) is 0 Å². The molecule has 0 spiro atoms. The second-order valence-electron chi connectivity index (χ2n) is 3.32. The van der Waals surface area contributed by atoms with E-state index in [4.69, 9.17) is 11.6 Å². The van der Waals surface area contributed by atoms with Gasteiger partial charge in [0.2, 0.25) is 0 Å². The van der Waals surface area contributed by atoms with Gasteiger partial charge in [-0.1, -0.05) is 12.8 Å². The Labute approximate surface area is 79.2 Å². The van der Waals surface area contributed by atoms with Gasteiger partial charge in [-0.05, 0) is 19.3 Å². The lowest BCUT2D eigenvalue weighted by Gasteiger charge is -2.09. The van der Waals surface area contributed by atoms with Crippen LogP contribution in [0.5, 0.6) is 0 Å². The molecule has 0 radical (unpaired) electrons. The van der Waals surface area contributed by atoms with E-state index in [1.54, 1.807) is 0 Å². The fourth-order valence-corrected chi connectivity index (χ4v) is 3.89. The van der Waals surface area contributed by atoms with Crippen LogP contribution in [-0.2, 0) is 9.84 Å². The molecule has 12 heavy (non-hydrogen) atoms. The van der Waals surface area contributed by atoms with Crippen molar-refractivity contribution >= 4 is 21.4 Å². The molecule has 1 aliphatic carbocycles. The molecule has 1 saturated carbocycles. The van der Waals surface area contributed by atoms with Crippen LogP contribution in [-0.4, -0.2) is 25.3 Å². The van der Waals surface area contributed by atoms with Gasteiger partial charge in [0.15, 0.2) is 9.84 Å². The minimum absolute atomic E-state index is 0.0549. The number of alkyl halides is 1. The molecule has 0 amide bonds. The fraction of sp³-hybridized carbons (Fsp3) is 1.00. The lowest BCUT2D eigenvalue weighted by Crippen LogP contribution is -2.21. The summed E-state index contributed by atoms with van der Waals surface area (Å²) < 4.78 is 23.1. The number of hydrogen-bond donors (Lipinski definition) is 0. The van der Waals surface area contributed by atoms with E-state index in [1.165, 1.54) is 0 Å². The Balaban J connectivity index is 2.46. The van der Waals surface area contributed by atoms with E-state index in [9.17, 15) is 8.42 Å². The van der Waals surface area contributed by atoms with Crippen LogP contribution < -0.4 is 0 Å². The van der Waals surface area contributed by atoms with Gasteiger partial charge in [-0.25, -0.2) is 8.42 Å². The predicted octanol–water partition coefficient (Wildman–Crippen LogP) is 1.97. The lowest BCUT2D eigenvalue weighted by molar-refractivity contribution is 0.578. The summed E-state index contributed by atoms with van der Waals surface area (Å²) in [5.74, 6) is 0.729. The highest BCUT2D eigenvalue weighted by Gasteiger charge is 2.27. The zero-order valence-electron chi connectivity index (χ0n) is 7.13.